The maximum Gasteiger partial charge on any atom is 0.341 e. The molecule has 2 amide bonds. The topological polar surface area (TPSA) is 96.9 Å². The number of amides is 2. The summed E-state index contributed by atoms with van der Waals surface area (Å²) in [4.78, 5) is 38.1. The lowest BCUT2D eigenvalue weighted by molar-refractivity contribution is -0.136. The van der Waals surface area contributed by atoms with E-state index in [2.05, 4.69) is 15.8 Å². The maximum absolute atomic E-state index is 12.5. The first-order chi connectivity index (χ1) is 14.1. The molecule has 0 aromatic carbocycles. The van der Waals surface area contributed by atoms with Crippen LogP contribution < -0.4 is 10.7 Å². The molecule has 0 bridgehead atoms. The van der Waals surface area contributed by atoms with E-state index in [0.29, 0.717) is 16.5 Å². The number of esters is 1. The molecular weight excluding hydrogens is 390 g/mol. The largest absolute Gasteiger partial charge is 0.462 e. The van der Waals surface area contributed by atoms with Crippen molar-refractivity contribution in [2.75, 3.05) is 11.9 Å². The number of hydrazone groups is 1. The fourth-order valence-corrected chi connectivity index (χ4v) is 5.22. The van der Waals surface area contributed by atoms with E-state index in [-0.39, 0.29) is 6.61 Å². The van der Waals surface area contributed by atoms with Crippen molar-refractivity contribution in [1.29, 1.82) is 0 Å². The second-order valence-electron chi connectivity index (χ2n) is 7.56. The molecule has 1 fully saturated rings. The molecule has 3 rings (SSSR count). The molecule has 1 heterocycles. The maximum atomic E-state index is 12.5. The van der Waals surface area contributed by atoms with E-state index < -0.39 is 17.8 Å². The highest BCUT2D eigenvalue weighted by atomic mass is 32.1. The van der Waals surface area contributed by atoms with Crippen LogP contribution >= 0.6 is 11.3 Å². The molecule has 0 aliphatic heterocycles. The fraction of sp³-hybridized carbons (Fsp3) is 0.619. The van der Waals surface area contributed by atoms with Crippen LogP contribution in [0.1, 0.15) is 79.1 Å². The second kappa shape index (κ2) is 10.5. The van der Waals surface area contributed by atoms with E-state index in [4.69, 9.17) is 4.74 Å². The monoisotopic (exact) mass is 419 g/mol. The highest BCUT2D eigenvalue weighted by Crippen LogP contribution is 2.38. The van der Waals surface area contributed by atoms with Gasteiger partial charge in [-0.1, -0.05) is 25.7 Å². The Labute approximate surface area is 175 Å². The van der Waals surface area contributed by atoms with Crippen molar-refractivity contribution < 1.29 is 19.1 Å². The van der Waals surface area contributed by atoms with E-state index in [9.17, 15) is 14.4 Å². The van der Waals surface area contributed by atoms with Crippen LogP contribution in [0.2, 0.25) is 0 Å². The SMILES string of the molecule is CCOC(=O)c1c(NC(=O)C(=O)N/N=C/C2CCCCC2)sc2c1CCCCC2. The first kappa shape index (κ1) is 21.5. The number of aryl methyl sites for hydroxylation is 1. The van der Waals surface area contributed by atoms with Crippen molar-refractivity contribution >= 4 is 40.3 Å². The summed E-state index contributed by atoms with van der Waals surface area (Å²) in [6.45, 7) is 2.01. The summed E-state index contributed by atoms with van der Waals surface area (Å²) in [7, 11) is 0. The molecule has 2 aliphatic carbocycles. The van der Waals surface area contributed by atoms with Gasteiger partial charge in [-0.15, -0.1) is 11.3 Å². The molecule has 1 aromatic rings. The average Bonchev–Trinajstić information content (AvgIpc) is 2.89. The quantitative estimate of drug-likeness (QED) is 0.249. The highest BCUT2D eigenvalue weighted by molar-refractivity contribution is 7.17. The Morgan fingerprint density at radius 3 is 2.55 bits per heavy atom. The lowest BCUT2D eigenvalue weighted by atomic mass is 9.90. The van der Waals surface area contributed by atoms with Gasteiger partial charge in [0.25, 0.3) is 0 Å². The summed E-state index contributed by atoms with van der Waals surface area (Å²) in [5.41, 5.74) is 3.66. The van der Waals surface area contributed by atoms with E-state index in [0.717, 1.165) is 55.4 Å². The van der Waals surface area contributed by atoms with E-state index in [1.54, 1.807) is 13.1 Å². The molecule has 1 saturated carbocycles. The lowest BCUT2D eigenvalue weighted by Gasteiger charge is -2.16. The van der Waals surface area contributed by atoms with Gasteiger partial charge in [-0.3, -0.25) is 9.59 Å². The number of hydrogen-bond acceptors (Lipinski definition) is 6. The summed E-state index contributed by atoms with van der Waals surface area (Å²) in [6.07, 6.45) is 12.3. The van der Waals surface area contributed by atoms with Gasteiger partial charge < -0.3 is 10.1 Å². The van der Waals surface area contributed by atoms with E-state index in [1.807, 2.05) is 0 Å². The normalized spacial score (nSPS) is 17.4. The van der Waals surface area contributed by atoms with Gasteiger partial charge in [0.1, 0.15) is 5.00 Å². The summed E-state index contributed by atoms with van der Waals surface area (Å²) >= 11 is 1.37. The van der Waals surface area contributed by atoms with Crippen LogP contribution in [0.15, 0.2) is 5.10 Å². The molecule has 7 nitrogen and oxygen atoms in total. The average molecular weight is 420 g/mol. The Morgan fingerprint density at radius 1 is 1.07 bits per heavy atom. The molecule has 0 saturated heterocycles. The molecule has 0 radical (unpaired) electrons. The van der Waals surface area contributed by atoms with Crippen molar-refractivity contribution in [3.05, 3.63) is 16.0 Å². The lowest BCUT2D eigenvalue weighted by Crippen LogP contribution is -2.33. The van der Waals surface area contributed by atoms with Crippen LogP contribution in [0.4, 0.5) is 5.00 Å². The van der Waals surface area contributed by atoms with Crippen molar-refractivity contribution in [2.24, 2.45) is 11.0 Å². The molecule has 0 spiro atoms. The van der Waals surface area contributed by atoms with Gasteiger partial charge in [0.05, 0.1) is 12.2 Å². The van der Waals surface area contributed by atoms with Gasteiger partial charge in [-0.05, 0) is 56.9 Å². The third-order valence-electron chi connectivity index (χ3n) is 5.44. The predicted molar refractivity (Wildman–Crippen MR) is 113 cm³/mol. The first-order valence-electron chi connectivity index (χ1n) is 10.6. The minimum atomic E-state index is -0.838. The van der Waals surface area contributed by atoms with Crippen LogP contribution in [0, 0.1) is 5.92 Å². The highest BCUT2D eigenvalue weighted by Gasteiger charge is 2.27. The molecule has 158 valence electrons. The van der Waals surface area contributed by atoms with E-state index in [1.165, 1.54) is 30.6 Å². The molecule has 8 heteroatoms. The van der Waals surface area contributed by atoms with Crippen molar-refractivity contribution in [3.8, 4) is 0 Å². The second-order valence-corrected chi connectivity index (χ2v) is 8.67. The number of nitrogens with zero attached hydrogens (tertiary/aromatic N) is 1. The number of carbonyl (C=O) groups excluding carboxylic acids is 3. The van der Waals surface area contributed by atoms with Gasteiger partial charge in [0.15, 0.2) is 0 Å². The zero-order valence-electron chi connectivity index (χ0n) is 16.9. The number of hydrogen-bond donors (Lipinski definition) is 2. The zero-order valence-corrected chi connectivity index (χ0v) is 17.7. The van der Waals surface area contributed by atoms with Crippen LogP contribution in [0.5, 0.6) is 0 Å². The number of carbonyl (C=O) groups is 3. The Morgan fingerprint density at radius 2 is 1.79 bits per heavy atom. The van der Waals surface area contributed by atoms with E-state index >= 15 is 0 Å². The Kier molecular flexibility index (Phi) is 7.80. The third kappa shape index (κ3) is 5.65. The molecule has 2 aliphatic rings. The Balaban J connectivity index is 1.67. The van der Waals surface area contributed by atoms with Crippen molar-refractivity contribution in [1.82, 2.24) is 5.43 Å². The smallest absolute Gasteiger partial charge is 0.341 e. The summed E-state index contributed by atoms with van der Waals surface area (Å²) < 4.78 is 5.20. The van der Waals surface area contributed by atoms with Gasteiger partial charge >= 0.3 is 17.8 Å². The zero-order chi connectivity index (χ0) is 20.6. The molecular formula is C21H29N3O4S. The van der Waals surface area contributed by atoms with Gasteiger partial charge in [-0.25, -0.2) is 10.2 Å². The number of fused-ring (bicyclic) bond motifs is 1. The minimum absolute atomic E-state index is 0.257. The molecule has 0 atom stereocenters. The number of anilines is 1. The predicted octanol–water partition coefficient (Wildman–Crippen LogP) is 3.81. The van der Waals surface area contributed by atoms with Crippen molar-refractivity contribution in [3.63, 3.8) is 0 Å². The van der Waals surface area contributed by atoms with Crippen LogP contribution in [0.3, 0.4) is 0 Å². The van der Waals surface area contributed by atoms with Crippen LogP contribution in [-0.4, -0.2) is 30.6 Å². The first-order valence-corrected chi connectivity index (χ1v) is 11.4. The fourth-order valence-electron chi connectivity index (χ4n) is 3.95. The molecule has 1 aromatic heterocycles. The third-order valence-corrected chi connectivity index (χ3v) is 6.64. The van der Waals surface area contributed by atoms with Crippen LogP contribution in [-0.2, 0) is 27.2 Å². The molecule has 29 heavy (non-hydrogen) atoms. The Bertz CT molecular complexity index is 781. The molecule has 2 N–H and O–H groups in total. The van der Waals surface area contributed by atoms with Gasteiger partial charge in [0.2, 0.25) is 0 Å². The number of rotatable bonds is 5. The van der Waals surface area contributed by atoms with Gasteiger partial charge in [0, 0.05) is 11.1 Å². The standard InChI is InChI=1S/C21H29N3O4S/c1-2-28-21(27)17-15-11-7-4-8-12-16(15)29-20(17)23-18(25)19(26)24-22-13-14-9-5-3-6-10-14/h13-14H,2-12H2,1H3,(H,23,25)(H,24,26)/b22-13+. The van der Waals surface area contributed by atoms with Gasteiger partial charge in [-0.2, -0.15) is 5.10 Å². The number of ether oxygens (including phenoxy) is 1. The molecule has 0 unspecified atom stereocenters. The summed E-state index contributed by atoms with van der Waals surface area (Å²) in [6, 6.07) is 0. The number of nitrogens with one attached hydrogen (secondary N) is 2. The number of thiophene rings is 1. The Hall–Kier alpha value is -2.22. The van der Waals surface area contributed by atoms with Crippen molar-refractivity contribution in [2.45, 2.75) is 71.1 Å². The summed E-state index contributed by atoms with van der Waals surface area (Å²) in [5.74, 6) is -1.75. The van der Waals surface area contributed by atoms with Crippen LogP contribution in [0.25, 0.3) is 0 Å². The minimum Gasteiger partial charge on any atom is -0.462 e. The summed E-state index contributed by atoms with van der Waals surface area (Å²) in [5, 5.41) is 6.95.